The molecule has 19 heavy (non-hydrogen) atoms. The maximum absolute atomic E-state index is 13.6. The molecule has 0 fully saturated rings. The van der Waals surface area contributed by atoms with E-state index in [2.05, 4.69) is 0 Å². The Hall–Kier alpha value is -2.05. The van der Waals surface area contributed by atoms with Crippen LogP contribution in [-0.2, 0) is 12.5 Å². The first-order valence-corrected chi connectivity index (χ1v) is 6.22. The van der Waals surface area contributed by atoms with Crippen LogP contribution in [0, 0.1) is 17.1 Å². The van der Waals surface area contributed by atoms with E-state index in [0.717, 1.165) is 5.56 Å². The molecular formula is C15H11ClFNO. The van der Waals surface area contributed by atoms with Crippen molar-refractivity contribution in [2.24, 2.45) is 0 Å². The number of hydrogen-bond acceptors (Lipinski definition) is 2. The molecule has 0 aliphatic heterocycles. The van der Waals surface area contributed by atoms with E-state index in [1.807, 2.05) is 24.3 Å². The number of ether oxygens (including phenoxy) is 1. The fraction of sp³-hybridized carbons (Fsp3) is 0.133. The Bertz CT molecular complexity index is 622. The highest BCUT2D eigenvalue weighted by Gasteiger charge is 2.05. The van der Waals surface area contributed by atoms with Gasteiger partial charge in [0.2, 0.25) is 0 Å². The number of alkyl halides is 1. The minimum atomic E-state index is -0.437. The predicted octanol–water partition coefficient (Wildman–Crippen LogP) is 4.02. The smallest absolute Gasteiger partial charge is 0.131 e. The van der Waals surface area contributed by atoms with Gasteiger partial charge in [-0.05, 0) is 29.8 Å². The molecular weight excluding hydrogens is 265 g/mol. The SMILES string of the molecule is N#Cc1ccc(COc2cccc(CCl)c2)c(F)c1. The Morgan fingerprint density at radius 3 is 2.74 bits per heavy atom. The van der Waals surface area contributed by atoms with E-state index in [9.17, 15) is 4.39 Å². The van der Waals surface area contributed by atoms with Gasteiger partial charge in [0.15, 0.2) is 0 Å². The Kier molecular flexibility index (Phi) is 4.38. The van der Waals surface area contributed by atoms with Gasteiger partial charge in [0, 0.05) is 11.4 Å². The summed E-state index contributed by atoms with van der Waals surface area (Å²) in [6.45, 7) is 0.114. The molecule has 4 heteroatoms. The molecule has 0 saturated heterocycles. The predicted molar refractivity (Wildman–Crippen MR) is 71.4 cm³/mol. The Labute approximate surface area is 116 Å². The van der Waals surface area contributed by atoms with E-state index >= 15 is 0 Å². The topological polar surface area (TPSA) is 33.0 Å². The minimum Gasteiger partial charge on any atom is -0.489 e. The van der Waals surface area contributed by atoms with Gasteiger partial charge in [0.25, 0.3) is 0 Å². The Morgan fingerprint density at radius 2 is 2.05 bits per heavy atom. The maximum Gasteiger partial charge on any atom is 0.131 e. The molecule has 0 N–H and O–H groups in total. The molecule has 0 spiro atoms. The van der Waals surface area contributed by atoms with E-state index in [-0.39, 0.29) is 6.61 Å². The fourth-order valence-corrected chi connectivity index (χ4v) is 1.78. The zero-order valence-corrected chi connectivity index (χ0v) is 10.8. The lowest BCUT2D eigenvalue weighted by Crippen LogP contribution is -1.99. The van der Waals surface area contributed by atoms with Gasteiger partial charge < -0.3 is 4.74 Å². The molecule has 0 atom stereocenters. The number of benzene rings is 2. The zero-order chi connectivity index (χ0) is 13.7. The lowest BCUT2D eigenvalue weighted by Gasteiger charge is -2.08. The summed E-state index contributed by atoms with van der Waals surface area (Å²) in [6, 6.07) is 13.5. The first-order valence-electron chi connectivity index (χ1n) is 5.69. The second kappa shape index (κ2) is 6.21. The molecule has 0 unspecified atom stereocenters. The van der Waals surface area contributed by atoms with Gasteiger partial charge in [0.05, 0.1) is 11.6 Å². The van der Waals surface area contributed by atoms with Crippen molar-refractivity contribution in [1.29, 1.82) is 5.26 Å². The van der Waals surface area contributed by atoms with Crippen LogP contribution in [0.25, 0.3) is 0 Å². The van der Waals surface area contributed by atoms with Crippen LogP contribution >= 0.6 is 11.6 Å². The first kappa shape index (κ1) is 13.4. The molecule has 2 rings (SSSR count). The van der Waals surface area contributed by atoms with Gasteiger partial charge in [-0.2, -0.15) is 5.26 Å². The van der Waals surface area contributed by atoms with Gasteiger partial charge in [-0.3, -0.25) is 0 Å². The molecule has 0 saturated carbocycles. The van der Waals surface area contributed by atoms with Crippen LogP contribution in [0.1, 0.15) is 16.7 Å². The van der Waals surface area contributed by atoms with E-state index < -0.39 is 5.82 Å². The molecule has 2 aromatic carbocycles. The van der Waals surface area contributed by atoms with Crippen molar-refractivity contribution in [2.75, 3.05) is 0 Å². The standard InChI is InChI=1S/C15H11ClFNO/c16-8-11-2-1-3-14(6-11)19-10-13-5-4-12(9-18)7-15(13)17/h1-7H,8,10H2. The van der Waals surface area contributed by atoms with Crippen molar-refractivity contribution in [3.05, 3.63) is 65.0 Å². The highest BCUT2D eigenvalue weighted by Crippen LogP contribution is 2.18. The van der Waals surface area contributed by atoms with Crippen LogP contribution in [0.15, 0.2) is 42.5 Å². The van der Waals surface area contributed by atoms with E-state index in [1.54, 1.807) is 18.2 Å². The third-order valence-electron chi connectivity index (χ3n) is 2.63. The molecule has 96 valence electrons. The number of halogens is 2. The summed E-state index contributed by atoms with van der Waals surface area (Å²) >= 11 is 5.73. The molecule has 2 aromatic rings. The van der Waals surface area contributed by atoms with Gasteiger partial charge in [-0.15, -0.1) is 11.6 Å². The highest BCUT2D eigenvalue weighted by molar-refractivity contribution is 6.17. The second-order valence-corrected chi connectivity index (χ2v) is 4.25. The first-order chi connectivity index (χ1) is 9.22. The van der Waals surface area contributed by atoms with Crippen LogP contribution in [0.5, 0.6) is 5.75 Å². The van der Waals surface area contributed by atoms with Crippen molar-refractivity contribution in [2.45, 2.75) is 12.5 Å². The van der Waals surface area contributed by atoms with E-state index in [0.29, 0.717) is 22.8 Å². The monoisotopic (exact) mass is 275 g/mol. The quantitative estimate of drug-likeness (QED) is 0.790. The van der Waals surface area contributed by atoms with E-state index in [1.165, 1.54) is 6.07 Å². The van der Waals surface area contributed by atoms with Crippen molar-refractivity contribution in [1.82, 2.24) is 0 Å². The van der Waals surface area contributed by atoms with Crippen molar-refractivity contribution in [3.8, 4) is 11.8 Å². The molecule has 0 heterocycles. The number of nitriles is 1. The number of hydrogen-bond donors (Lipinski definition) is 0. The summed E-state index contributed by atoms with van der Waals surface area (Å²) in [7, 11) is 0. The lowest BCUT2D eigenvalue weighted by atomic mass is 10.1. The van der Waals surface area contributed by atoms with Gasteiger partial charge in [0.1, 0.15) is 18.2 Å². The minimum absolute atomic E-state index is 0.114. The number of nitrogens with zero attached hydrogens (tertiary/aromatic N) is 1. The van der Waals surface area contributed by atoms with Gasteiger partial charge in [-0.1, -0.05) is 18.2 Å². The molecule has 0 aliphatic carbocycles. The summed E-state index contributed by atoms with van der Waals surface area (Å²) in [5.74, 6) is 0.608. The molecule has 0 aromatic heterocycles. The molecule has 2 nitrogen and oxygen atoms in total. The van der Waals surface area contributed by atoms with Gasteiger partial charge in [-0.25, -0.2) is 4.39 Å². The zero-order valence-electron chi connectivity index (χ0n) is 10.1. The van der Waals surface area contributed by atoms with Crippen LogP contribution < -0.4 is 4.74 Å². The summed E-state index contributed by atoms with van der Waals surface area (Å²) < 4.78 is 19.1. The summed E-state index contributed by atoms with van der Waals surface area (Å²) in [5.41, 5.74) is 1.65. The highest BCUT2D eigenvalue weighted by atomic mass is 35.5. The van der Waals surface area contributed by atoms with Crippen LogP contribution in [0.2, 0.25) is 0 Å². The average molecular weight is 276 g/mol. The maximum atomic E-state index is 13.6. The third-order valence-corrected chi connectivity index (χ3v) is 2.94. The average Bonchev–Trinajstić information content (AvgIpc) is 2.46. The Balaban J connectivity index is 2.08. The second-order valence-electron chi connectivity index (χ2n) is 3.99. The molecule has 0 bridgehead atoms. The fourth-order valence-electron chi connectivity index (χ4n) is 1.61. The number of rotatable bonds is 4. The molecule has 0 radical (unpaired) electrons. The van der Waals surface area contributed by atoms with Crippen LogP contribution in [0.3, 0.4) is 0 Å². The van der Waals surface area contributed by atoms with E-state index in [4.69, 9.17) is 21.6 Å². The lowest BCUT2D eigenvalue weighted by molar-refractivity contribution is 0.299. The molecule has 0 aliphatic rings. The Morgan fingerprint density at radius 1 is 1.21 bits per heavy atom. The normalized spacial score (nSPS) is 9.95. The van der Waals surface area contributed by atoms with Crippen molar-refractivity contribution >= 4 is 11.6 Å². The van der Waals surface area contributed by atoms with Crippen molar-refractivity contribution in [3.63, 3.8) is 0 Å². The van der Waals surface area contributed by atoms with Crippen LogP contribution in [0.4, 0.5) is 4.39 Å². The van der Waals surface area contributed by atoms with Gasteiger partial charge >= 0.3 is 0 Å². The summed E-state index contributed by atoms with van der Waals surface area (Å²) in [4.78, 5) is 0. The summed E-state index contributed by atoms with van der Waals surface area (Å²) in [6.07, 6.45) is 0. The van der Waals surface area contributed by atoms with Crippen molar-refractivity contribution < 1.29 is 9.13 Å². The largest absolute Gasteiger partial charge is 0.489 e. The molecule has 0 amide bonds. The third kappa shape index (κ3) is 3.46. The summed E-state index contributed by atoms with van der Waals surface area (Å²) in [5, 5.41) is 8.66. The van der Waals surface area contributed by atoms with Crippen LogP contribution in [-0.4, -0.2) is 0 Å².